The Morgan fingerprint density at radius 2 is 0.865 bits per heavy atom. The normalized spacial score (nSPS) is 63.1. The van der Waals surface area contributed by atoms with E-state index in [0.29, 0.717) is 0 Å². The van der Waals surface area contributed by atoms with Crippen molar-refractivity contribution in [1.82, 2.24) is 0 Å². The van der Waals surface area contributed by atoms with E-state index in [4.69, 9.17) is 0 Å². The van der Waals surface area contributed by atoms with Crippen LogP contribution in [-0.2, 0) is 6.51 Å². The van der Waals surface area contributed by atoms with Gasteiger partial charge in [0, 0.05) is 0 Å². The van der Waals surface area contributed by atoms with Crippen LogP contribution in [0, 0.1) is 0 Å². The Morgan fingerprint density at radius 3 is 1.24 bits per heavy atom. The number of benzene rings is 4. The summed E-state index contributed by atoms with van der Waals surface area (Å²) in [7, 11) is -0.239. The third kappa shape index (κ3) is 0.446. The number of rotatable bonds is 6. The molecule has 0 radical (unpaired) electrons. The molecule has 10 aliphatic rings. The maximum absolute atomic E-state index is 3.78. The van der Waals surface area contributed by atoms with Crippen LogP contribution < -0.4 is 19.3 Å². The van der Waals surface area contributed by atoms with Crippen molar-refractivity contribution in [2.75, 3.05) is 0 Å². The quantitative estimate of drug-likeness (QED) is 0.173. The monoisotopic (exact) mass is 598 g/mol. The Kier molecular flexibility index (Phi) is 1.34. The maximum atomic E-state index is 2.57. The molecular weight excluding hydrogens is 570 g/mol. The summed E-state index contributed by atoms with van der Waals surface area (Å²) < 4.78 is 5.30. The van der Waals surface area contributed by atoms with Gasteiger partial charge in [-0.05, 0) is 0 Å². The van der Waals surface area contributed by atoms with E-state index in [1.165, 1.54) is 38.5 Å². The van der Waals surface area contributed by atoms with Crippen molar-refractivity contribution in [2.45, 2.75) is 45.7 Å². The van der Waals surface area contributed by atoms with Crippen LogP contribution in [0.5, 0.6) is 0 Å². The second-order valence-corrected chi connectivity index (χ2v) is 47.7. The topological polar surface area (TPSA) is 0 Å². The van der Waals surface area contributed by atoms with E-state index in [2.05, 4.69) is 121 Å². The van der Waals surface area contributed by atoms with Crippen LogP contribution in [0.4, 0.5) is 0 Å². The van der Waals surface area contributed by atoms with Crippen molar-refractivity contribution in [3.63, 3.8) is 0 Å². The molecule has 4 aromatic carbocycles. The van der Waals surface area contributed by atoms with Gasteiger partial charge in [-0.25, -0.2) is 0 Å². The average Bonchev–Trinajstić information content (AvgIpc) is 3.92. The summed E-state index contributed by atoms with van der Waals surface area (Å²) in [6.07, 6.45) is 0. The van der Waals surface area contributed by atoms with Gasteiger partial charge in [0.05, 0.1) is 0 Å². The first kappa shape index (κ1) is 17.9. The predicted octanol–water partition coefficient (Wildman–Crippen LogP) is 6.63. The van der Waals surface area contributed by atoms with E-state index < -0.39 is 21.2 Å². The summed E-state index contributed by atoms with van der Waals surface area (Å²) in [6.45, 7) is -3.78. The Labute approximate surface area is 214 Å². The van der Waals surface area contributed by atoms with Crippen molar-refractivity contribution >= 4 is 41.9 Å². The van der Waals surface area contributed by atoms with Crippen LogP contribution >= 0.6 is 7.92 Å². The zero-order valence-electron chi connectivity index (χ0n) is 20.4. The molecule has 8 atom stereocenters. The van der Waals surface area contributed by atoms with Crippen molar-refractivity contribution < 1.29 is 6.51 Å². The Hall–Kier alpha value is -1.61. The molecule has 0 N–H and O–H groups in total. The first-order valence-electron chi connectivity index (χ1n) is 14.1. The Bertz CT molecular complexity index is 1910. The minimum atomic E-state index is -3.78. The third-order valence-corrected chi connectivity index (χ3v) is 83.9. The Balaban J connectivity index is 1.12. The fourth-order valence-electron chi connectivity index (χ4n) is 20.9. The summed E-state index contributed by atoms with van der Waals surface area (Å²) in [5, 5.41) is 3.45. The van der Waals surface area contributed by atoms with Gasteiger partial charge in [-0.15, -0.1) is 0 Å². The molecule has 37 heavy (non-hydrogen) atoms. The van der Waals surface area contributed by atoms with E-state index in [-0.39, 0.29) is 7.92 Å². The third-order valence-electron chi connectivity index (χ3n) is 19.4. The first-order valence-corrected chi connectivity index (χ1v) is 24.5. The van der Waals surface area contributed by atoms with Crippen LogP contribution in [0.3, 0.4) is 0 Å². The van der Waals surface area contributed by atoms with Gasteiger partial charge in [-0.3, -0.25) is 0 Å². The second kappa shape index (κ2) is 2.78. The molecule has 10 fully saturated rings. The molecule has 3 heteroatoms. The van der Waals surface area contributed by atoms with Crippen LogP contribution in [0.25, 0.3) is 0 Å². The molecule has 14 rings (SSSR count). The van der Waals surface area contributed by atoms with Crippen LogP contribution in [-0.4, -0.2) is 18.7 Å². The number of hydrogen-bond donors (Lipinski definition) is 0. The molecule has 0 nitrogen and oxygen atoms in total. The fraction of sp³-hybridized carbons (Fsp3) is 0.294. The molecular formula is C34H28AsFeP. The van der Waals surface area contributed by atoms with Crippen molar-refractivity contribution in [2.24, 2.45) is 0 Å². The van der Waals surface area contributed by atoms with E-state index in [1.54, 1.807) is 19.3 Å². The van der Waals surface area contributed by atoms with Gasteiger partial charge >= 0.3 is 215 Å². The first-order chi connectivity index (χ1) is 18.1. The molecule has 4 aromatic rings. The van der Waals surface area contributed by atoms with Gasteiger partial charge < -0.3 is 0 Å². The molecule has 0 bridgehead atoms. The fourth-order valence-corrected chi connectivity index (χ4v) is 143. The van der Waals surface area contributed by atoms with Gasteiger partial charge in [0.1, 0.15) is 0 Å². The molecule has 10 saturated heterocycles. The summed E-state index contributed by atoms with van der Waals surface area (Å²) >= 11 is -1.41. The molecule has 182 valence electrons. The van der Waals surface area contributed by atoms with Gasteiger partial charge in [0.25, 0.3) is 0 Å². The van der Waals surface area contributed by atoms with Crippen molar-refractivity contribution in [3.8, 4) is 0 Å². The van der Waals surface area contributed by atoms with E-state index in [0.717, 1.165) is 7.16 Å². The Morgan fingerprint density at radius 1 is 0.486 bits per heavy atom. The second-order valence-electron chi connectivity index (χ2n) is 15.7. The van der Waals surface area contributed by atoms with Gasteiger partial charge in [-0.2, -0.15) is 0 Å². The zero-order chi connectivity index (χ0) is 23.5. The molecule has 10 heterocycles. The van der Waals surface area contributed by atoms with Crippen LogP contribution in [0.15, 0.2) is 121 Å². The predicted molar refractivity (Wildman–Crippen MR) is 152 cm³/mol. The summed E-state index contributed by atoms with van der Waals surface area (Å²) in [5.74, 6) is 0. The van der Waals surface area contributed by atoms with Gasteiger partial charge in [0.15, 0.2) is 0 Å². The van der Waals surface area contributed by atoms with Gasteiger partial charge in [0.2, 0.25) is 0 Å². The number of hydrogen-bond acceptors (Lipinski definition) is 0. The SMILES string of the molecule is c1ccc(P(c2ccccc2)[C]23[CH]4[CH]5[CH]6[CH]2[Fe]56432789[CH]3[CH]2[CH]7[C]8([As](c2ccccc2)c2ccccc2)[CH]39)cc1. The molecule has 1 spiro atoms. The molecule has 0 aliphatic carbocycles. The molecule has 10 aliphatic heterocycles. The van der Waals surface area contributed by atoms with Crippen LogP contribution in [0.2, 0.25) is 41.6 Å². The standard InChI is InChI=1S/C17H14As.C17H14P.Fe/c2*1-3-9-15(10-4-1)18(17-13-7-8-14-17)16-11-5-2-6-12-16;/h2*1-14H;. The van der Waals surface area contributed by atoms with Gasteiger partial charge in [-0.1, -0.05) is 0 Å². The molecule has 0 amide bonds. The summed E-state index contributed by atoms with van der Waals surface area (Å²) in [4.78, 5) is 10.3. The van der Waals surface area contributed by atoms with Crippen molar-refractivity contribution in [1.29, 1.82) is 0 Å². The summed E-state index contributed by atoms with van der Waals surface area (Å²) in [6, 6.07) is 48.3. The molecule has 0 aromatic heterocycles. The van der Waals surface area contributed by atoms with E-state index in [9.17, 15) is 0 Å². The summed E-state index contributed by atoms with van der Waals surface area (Å²) in [5.41, 5.74) is 0. The van der Waals surface area contributed by atoms with E-state index in [1.807, 2.05) is 0 Å². The van der Waals surface area contributed by atoms with Crippen molar-refractivity contribution in [3.05, 3.63) is 121 Å². The number of fused-ring (bicyclic) bond motifs is 10. The van der Waals surface area contributed by atoms with E-state index >= 15 is 0 Å². The van der Waals surface area contributed by atoms with Crippen LogP contribution in [0.1, 0.15) is 0 Å². The minimum absolute atomic E-state index is 0.239. The molecule has 8 unspecified atom stereocenters. The average molecular weight is 598 g/mol. The molecule has 0 saturated carbocycles. The zero-order valence-corrected chi connectivity index (χ0v) is 24.3.